The first kappa shape index (κ1) is 14.8. The maximum absolute atomic E-state index is 5.86. The molecule has 0 saturated carbocycles. The maximum Gasteiger partial charge on any atom is 0.123 e. The van der Waals surface area contributed by atoms with Crippen molar-refractivity contribution in [3.63, 3.8) is 0 Å². The molecule has 1 aliphatic heterocycles. The van der Waals surface area contributed by atoms with E-state index in [0.29, 0.717) is 6.54 Å². The quantitative estimate of drug-likeness (QED) is 0.890. The number of halogens is 1. The molecule has 0 bridgehead atoms. The Kier molecular flexibility index (Phi) is 5.63. The third-order valence-electron chi connectivity index (χ3n) is 3.50. The van der Waals surface area contributed by atoms with Crippen molar-refractivity contribution in [3.05, 3.63) is 28.2 Å². The van der Waals surface area contributed by atoms with E-state index in [0.717, 1.165) is 55.1 Å². The standard InChI is InChI=1S/C14H22BrN3O/c1-17-4-6-18(7-5-17)8-9-19-14-3-2-13(15)10-12(14)11-16/h2-3,10H,4-9,11,16H2,1H3. The summed E-state index contributed by atoms with van der Waals surface area (Å²) in [6.07, 6.45) is 0. The second-order valence-corrected chi connectivity index (χ2v) is 5.87. The lowest BCUT2D eigenvalue weighted by atomic mass is 10.2. The normalized spacial score (nSPS) is 17.6. The molecule has 1 heterocycles. The minimum absolute atomic E-state index is 0.503. The molecule has 106 valence electrons. The zero-order valence-corrected chi connectivity index (χ0v) is 13.0. The Labute approximate surface area is 123 Å². The Morgan fingerprint density at radius 1 is 1.26 bits per heavy atom. The molecule has 0 radical (unpaired) electrons. The van der Waals surface area contributed by atoms with Gasteiger partial charge in [-0.05, 0) is 25.2 Å². The van der Waals surface area contributed by atoms with E-state index in [1.54, 1.807) is 0 Å². The SMILES string of the molecule is CN1CCN(CCOc2ccc(Br)cc2CN)CC1. The van der Waals surface area contributed by atoms with Crippen LogP contribution in [0.25, 0.3) is 0 Å². The number of likely N-dealkylation sites (N-methyl/N-ethyl adjacent to an activating group) is 1. The highest BCUT2D eigenvalue weighted by Crippen LogP contribution is 2.22. The number of benzene rings is 1. The minimum Gasteiger partial charge on any atom is -0.492 e. The number of nitrogens with two attached hydrogens (primary N) is 1. The molecule has 1 fully saturated rings. The van der Waals surface area contributed by atoms with Crippen LogP contribution in [0.5, 0.6) is 5.75 Å². The summed E-state index contributed by atoms with van der Waals surface area (Å²) in [5, 5.41) is 0. The summed E-state index contributed by atoms with van der Waals surface area (Å²) in [5.41, 5.74) is 6.78. The van der Waals surface area contributed by atoms with Gasteiger partial charge in [0.1, 0.15) is 12.4 Å². The van der Waals surface area contributed by atoms with E-state index in [-0.39, 0.29) is 0 Å². The van der Waals surface area contributed by atoms with Gasteiger partial charge in [0.25, 0.3) is 0 Å². The van der Waals surface area contributed by atoms with Crippen molar-refractivity contribution < 1.29 is 4.74 Å². The van der Waals surface area contributed by atoms with Crippen molar-refractivity contribution in [2.24, 2.45) is 5.73 Å². The van der Waals surface area contributed by atoms with E-state index in [2.05, 4.69) is 32.8 Å². The lowest BCUT2D eigenvalue weighted by Crippen LogP contribution is -2.45. The van der Waals surface area contributed by atoms with Gasteiger partial charge in [0.15, 0.2) is 0 Å². The second kappa shape index (κ2) is 7.24. The van der Waals surface area contributed by atoms with E-state index in [9.17, 15) is 0 Å². The van der Waals surface area contributed by atoms with Gasteiger partial charge in [-0.15, -0.1) is 0 Å². The zero-order valence-electron chi connectivity index (χ0n) is 11.4. The molecule has 1 aliphatic rings. The van der Waals surface area contributed by atoms with Crippen LogP contribution in [0.3, 0.4) is 0 Å². The van der Waals surface area contributed by atoms with Crippen molar-refractivity contribution in [1.82, 2.24) is 9.80 Å². The second-order valence-electron chi connectivity index (χ2n) is 4.95. The molecule has 0 unspecified atom stereocenters. The van der Waals surface area contributed by atoms with Gasteiger partial charge in [-0.3, -0.25) is 4.90 Å². The van der Waals surface area contributed by atoms with Crippen LogP contribution in [0.4, 0.5) is 0 Å². The van der Waals surface area contributed by atoms with Crippen LogP contribution in [-0.4, -0.2) is 56.2 Å². The molecule has 19 heavy (non-hydrogen) atoms. The van der Waals surface area contributed by atoms with Gasteiger partial charge in [0, 0.05) is 49.3 Å². The summed E-state index contributed by atoms with van der Waals surface area (Å²) >= 11 is 3.45. The highest BCUT2D eigenvalue weighted by Gasteiger charge is 2.13. The summed E-state index contributed by atoms with van der Waals surface area (Å²) in [6, 6.07) is 5.99. The summed E-state index contributed by atoms with van der Waals surface area (Å²) < 4.78 is 6.90. The van der Waals surface area contributed by atoms with Crippen molar-refractivity contribution in [2.75, 3.05) is 46.4 Å². The molecule has 5 heteroatoms. The van der Waals surface area contributed by atoms with Crippen LogP contribution in [0, 0.1) is 0 Å². The fourth-order valence-electron chi connectivity index (χ4n) is 2.20. The first-order valence-corrected chi connectivity index (χ1v) is 7.50. The average molecular weight is 328 g/mol. The molecule has 2 rings (SSSR count). The molecule has 0 atom stereocenters. The third kappa shape index (κ3) is 4.45. The lowest BCUT2D eigenvalue weighted by molar-refractivity contribution is 0.133. The fourth-order valence-corrected chi connectivity index (χ4v) is 2.61. The maximum atomic E-state index is 5.86. The van der Waals surface area contributed by atoms with Crippen LogP contribution in [-0.2, 0) is 6.54 Å². The molecular weight excluding hydrogens is 306 g/mol. The first-order chi connectivity index (χ1) is 9.19. The highest BCUT2D eigenvalue weighted by molar-refractivity contribution is 9.10. The topological polar surface area (TPSA) is 41.7 Å². The summed E-state index contributed by atoms with van der Waals surface area (Å²) in [4.78, 5) is 4.81. The summed E-state index contributed by atoms with van der Waals surface area (Å²) in [6.45, 7) is 6.75. The Hall–Kier alpha value is -0.620. The zero-order chi connectivity index (χ0) is 13.7. The van der Waals surface area contributed by atoms with Gasteiger partial charge in [-0.2, -0.15) is 0 Å². The van der Waals surface area contributed by atoms with Crippen molar-refractivity contribution >= 4 is 15.9 Å². The predicted molar refractivity (Wildman–Crippen MR) is 81.5 cm³/mol. The predicted octanol–water partition coefficient (Wildman–Crippen LogP) is 1.53. The van der Waals surface area contributed by atoms with E-state index >= 15 is 0 Å². The fraction of sp³-hybridized carbons (Fsp3) is 0.571. The van der Waals surface area contributed by atoms with E-state index in [1.807, 2.05) is 18.2 Å². The van der Waals surface area contributed by atoms with Crippen molar-refractivity contribution in [3.8, 4) is 5.75 Å². The number of hydrogen-bond acceptors (Lipinski definition) is 4. The van der Waals surface area contributed by atoms with Gasteiger partial charge in [-0.25, -0.2) is 0 Å². The van der Waals surface area contributed by atoms with Gasteiger partial charge in [0.05, 0.1) is 0 Å². The first-order valence-electron chi connectivity index (χ1n) is 6.71. The minimum atomic E-state index is 0.503. The Morgan fingerprint density at radius 3 is 2.68 bits per heavy atom. The monoisotopic (exact) mass is 327 g/mol. The smallest absolute Gasteiger partial charge is 0.123 e. The van der Waals surface area contributed by atoms with Crippen LogP contribution in [0.1, 0.15) is 5.56 Å². The molecule has 1 aromatic rings. The third-order valence-corrected chi connectivity index (χ3v) is 4.00. The summed E-state index contributed by atoms with van der Waals surface area (Å²) in [5.74, 6) is 0.903. The number of piperazine rings is 1. The largest absolute Gasteiger partial charge is 0.492 e. The molecule has 0 aromatic heterocycles. The molecule has 1 aromatic carbocycles. The Balaban J connectivity index is 1.79. The van der Waals surface area contributed by atoms with Crippen LogP contribution >= 0.6 is 15.9 Å². The van der Waals surface area contributed by atoms with E-state index in [1.165, 1.54) is 0 Å². The lowest BCUT2D eigenvalue weighted by Gasteiger charge is -2.32. The van der Waals surface area contributed by atoms with Gasteiger partial charge < -0.3 is 15.4 Å². The summed E-state index contributed by atoms with van der Waals surface area (Å²) in [7, 11) is 2.17. The Bertz CT molecular complexity index is 406. The molecule has 0 spiro atoms. The molecule has 0 amide bonds. The van der Waals surface area contributed by atoms with Crippen LogP contribution in [0.2, 0.25) is 0 Å². The number of nitrogens with zero attached hydrogens (tertiary/aromatic N) is 2. The van der Waals surface area contributed by atoms with Crippen LogP contribution < -0.4 is 10.5 Å². The van der Waals surface area contributed by atoms with E-state index < -0.39 is 0 Å². The van der Waals surface area contributed by atoms with Gasteiger partial charge >= 0.3 is 0 Å². The van der Waals surface area contributed by atoms with Gasteiger partial charge in [0.2, 0.25) is 0 Å². The molecule has 1 saturated heterocycles. The number of ether oxygens (including phenoxy) is 1. The average Bonchev–Trinajstić information content (AvgIpc) is 2.42. The van der Waals surface area contributed by atoms with Crippen molar-refractivity contribution in [2.45, 2.75) is 6.54 Å². The Morgan fingerprint density at radius 2 is 2.00 bits per heavy atom. The van der Waals surface area contributed by atoms with E-state index in [4.69, 9.17) is 10.5 Å². The van der Waals surface area contributed by atoms with Crippen LogP contribution in [0.15, 0.2) is 22.7 Å². The highest BCUT2D eigenvalue weighted by atomic mass is 79.9. The molecule has 4 nitrogen and oxygen atoms in total. The molecular formula is C14H22BrN3O. The van der Waals surface area contributed by atoms with Gasteiger partial charge in [-0.1, -0.05) is 15.9 Å². The number of hydrogen-bond donors (Lipinski definition) is 1. The number of rotatable bonds is 5. The molecule has 2 N–H and O–H groups in total. The molecule has 0 aliphatic carbocycles. The van der Waals surface area contributed by atoms with Crippen molar-refractivity contribution in [1.29, 1.82) is 0 Å².